The van der Waals surface area contributed by atoms with Gasteiger partial charge in [-0.15, -0.1) is 0 Å². The lowest BCUT2D eigenvalue weighted by Crippen LogP contribution is -2.21. The summed E-state index contributed by atoms with van der Waals surface area (Å²) in [6.07, 6.45) is 8.15. The summed E-state index contributed by atoms with van der Waals surface area (Å²) < 4.78 is 0. The predicted octanol–water partition coefficient (Wildman–Crippen LogP) is 2.07. The van der Waals surface area contributed by atoms with Gasteiger partial charge in [0.2, 0.25) is 5.95 Å². The van der Waals surface area contributed by atoms with Crippen LogP contribution < -0.4 is 10.2 Å². The summed E-state index contributed by atoms with van der Waals surface area (Å²) in [5, 5.41) is 3.50. The van der Waals surface area contributed by atoms with E-state index >= 15 is 0 Å². The van der Waals surface area contributed by atoms with Gasteiger partial charge in [-0.05, 0) is 37.5 Å². The first-order chi connectivity index (χ1) is 10.2. The number of hydrogen-bond donors (Lipinski definition) is 1. The van der Waals surface area contributed by atoms with Crippen LogP contribution in [-0.2, 0) is 13.1 Å². The standard InChI is InChI=1S/C16H21N5/c1-12-14(9-18-15-3-4-15)10-19-16(20-12)21(2)11-13-5-7-17-8-6-13/h5-8,10,15,18H,3-4,9,11H2,1-2H3. The molecule has 0 saturated heterocycles. The molecular formula is C16H21N5. The third-order valence-electron chi connectivity index (χ3n) is 3.74. The molecule has 0 spiro atoms. The van der Waals surface area contributed by atoms with E-state index in [2.05, 4.69) is 32.1 Å². The molecule has 0 amide bonds. The molecule has 3 rings (SSSR count). The highest BCUT2D eigenvalue weighted by molar-refractivity contribution is 5.33. The van der Waals surface area contributed by atoms with Crippen molar-refractivity contribution in [2.45, 2.75) is 38.9 Å². The smallest absolute Gasteiger partial charge is 0.225 e. The van der Waals surface area contributed by atoms with Gasteiger partial charge in [0, 0.05) is 56.0 Å². The zero-order chi connectivity index (χ0) is 14.7. The van der Waals surface area contributed by atoms with Gasteiger partial charge in [0.1, 0.15) is 0 Å². The second-order valence-corrected chi connectivity index (χ2v) is 5.65. The number of nitrogens with one attached hydrogen (secondary N) is 1. The van der Waals surface area contributed by atoms with E-state index < -0.39 is 0 Å². The van der Waals surface area contributed by atoms with Gasteiger partial charge < -0.3 is 10.2 Å². The van der Waals surface area contributed by atoms with Crippen molar-refractivity contribution in [3.63, 3.8) is 0 Å². The molecule has 21 heavy (non-hydrogen) atoms. The number of rotatable bonds is 6. The van der Waals surface area contributed by atoms with Crippen LogP contribution >= 0.6 is 0 Å². The van der Waals surface area contributed by atoms with Crippen molar-refractivity contribution in [3.05, 3.63) is 47.5 Å². The molecule has 2 aromatic rings. The SMILES string of the molecule is Cc1nc(N(C)Cc2ccncc2)ncc1CNC1CC1. The molecule has 1 fully saturated rings. The Kier molecular flexibility index (Phi) is 4.10. The minimum absolute atomic E-state index is 0.707. The minimum atomic E-state index is 0.707. The van der Waals surface area contributed by atoms with E-state index in [1.807, 2.05) is 37.8 Å². The molecule has 1 aliphatic rings. The van der Waals surface area contributed by atoms with E-state index in [4.69, 9.17) is 0 Å². The maximum Gasteiger partial charge on any atom is 0.225 e. The van der Waals surface area contributed by atoms with Crippen LogP contribution in [0.15, 0.2) is 30.7 Å². The Morgan fingerprint density at radius 1 is 1.29 bits per heavy atom. The molecule has 0 aliphatic heterocycles. The summed E-state index contributed by atoms with van der Waals surface area (Å²) in [7, 11) is 2.01. The van der Waals surface area contributed by atoms with Gasteiger partial charge in [0.25, 0.3) is 0 Å². The van der Waals surface area contributed by atoms with Crippen LogP contribution in [-0.4, -0.2) is 28.0 Å². The van der Waals surface area contributed by atoms with Crippen LogP contribution in [0.4, 0.5) is 5.95 Å². The number of nitrogens with zero attached hydrogens (tertiary/aromatic N) is 4. The van der Waals surface area contributed by atoms with E-state index in [0.29, 0.717) is 6.04 Å². The van der Waals surface area contributed by atoms with Crippen LogP contribution in [0, 0.1) is 6.92 Å². The highest BCUT2D eigenvalue weighted by Crippen LogP contribution is 2.20. The van der Waals surface area contributed by atoms with Crippen LogP contribution in [0.2, 0.25) is 0 Å². The van der Waals surface area contributed by atoms with Gasteiger partial charge in [-0.2, -0.15) is 0 Å². The first-order valence-electron chi connectivity index (χ1n) is 7.38. The summed E-state index contributed by atoms with van der Waals surface area (Å²) in [4.78, 5) is 15.2. The molecule has 0 aromatic carbocycles. The van der Waals surface area contributed by atoms with E-state index in [-0.39, 0.29) is 0 Å². The second kappa shape index (κ2) is 6.18. The topological polar surface area (TPSA) is 53.9 Å². The van der Waals surface area contributed by atoms with Gasteiger partial charge >= 0.3 is 0 Å². The van der Waals surface area contributed by atoms with Crippen molar-refractivity contribution in [2.75, 3.05) is 11.9 Å². The number of aryl methyl sites for hydroxylation is 1. The average Bonchev–Trinajstić information content (AvgIpc) is 3.31. The molecule has 0 bridgehead atoms. The fraction of sp³-hybridized carbons (Fsp3) is 0.438. The van der Waals surface area contributed by atoms with E-state index in [0.717, 1.165) is 24.7 Å². The van der Waals surface area contributed by atoms with Crippen molar-refractivity contribution in [3.8, 4) is 0 Å². The number of hydrogen-bond acceptors (Lipinski definition) is 5. The van der Waals surface area contributed by atoms with Gasteiger partial charge in [-0.3, -0.25) is 4.98 Å². The molecule has 0 radical (unpaired) electrons. The summed E-state index contributed by atoms with van der Waals surface area (Å²) in [6, 6.07) is 4.73. The van der Waals surface area contributed by atoms with Crippen LogP contribution in [0.1, 0.15) is 29.7 Å². The maximum absolute atomic E-state index is 4.63. The molecule has 0 atom stereocenters. The molecule has 1 N–H and O–H groups in total. The molecule has 1 saturated carbocycles. The van der Waals surface area contributed by atoms with Crippen molar-refractivity contribution < 1.29 is 0 Å². The molecule has 0 unspecified atom stereocenters. The monoisotopic (exact) mass is 283 g/mol. The van der Waals surface area contributed by atoms with Crippen LogP contribution in [0.25, 0.3) is 0 Å². The quantitative estimate of drug-likeness (QED) is 0.879. The number of aromatic nitrogens is 3. The summed E-state index contributed by atoms with van der Waals surface area (Å²) in [5.41, 5.74) is 3.44. The predicted molar refractivity (Wildman–Crippen MR) is 83.0 cm³/mol. The van der Waals surface area contributed by atoms with Crippen LogP contribution in [0.5, 0.6) is 0 Å². The average molecular weight is 283 g/mol. The Labute approximate surface area is 125 Å². The second-order valence-electron chi connectivity index (χ2n) is 5.65. The Morgan fingerprint density at radius 2 is 2.05 bits per heavy atom. The molecule has 2 aromatic heterocycles. The van der Waals surface area contributed by atoms with E-state index in [1.165, 1.54) is 24.0 Å². The van der Waals surface area contributed by atoms with Gasteiger partial charge in [-0.1, -0.05) is 0 Å². The first kappa shape index (κ1) is 13.9. The zero-order valence-electron chi connectivity index (χ0n) is 12.6. The maximum atomic E-state index is 4.63. The zero-order valence-corrected chi connectivity index (χ0v) is 12.6. The Morgan fingerprint density at radius 3 is 2.71 bits per heavy atom. The molecule has 1 aliphatic carbocycles. The fourth-order valence-corrected chi connectivity index (χ4v) is 2.21. The summed E-state index contributed by atoms with van der Waals surface area (Å²) in [5.74, 6) is 0.763. The number of anilines is 1. The Hall–Kier alpha value is -2.01. The molecule has 2 heterocycles. The Bertz CT molecular complexity index is 595. The molecule has 5 heteroatoms. The third-order valence-corrected chi connectivity index (χ3v) is 3.74. The summed E-state index contributed by atoms with van der Waals surface area (Å²) >= 11 is 0. The van der Waals surface area contributed by atoms with Crippen LogP contribution in [0.3, 0.4) is 0 Å². The minimum Gasteiger partial charge on any atom is -0.340 e. The van der Waals surface area contributed by atoms with Crippen molar-refractivity contribution in [1.29, 1.82) is 0 Å². The number of pyridine rings is 1. The van der Waals surface area contributed by atoms with Crippen molar-refractivity contribution in [1.82, 2.24) is 20.3 Å². The highest BCUT2D eigenvalue weighted by Gasteiger charge is 2.20. The van der Waals surface area contributed by atoms with Crippen molar-refractivity contribution >= 4 is 5.95 Å². The van der Waals surface area contributed by atoms with Gasteiger partial charge in [0.05, 0.1) is 0 Å². The molecule has 5 nitrogen and oxygen atoms in total. The van der Waals surface area contributed by atoms with Crippen molar-refractivity contribution in [2.24, 2.45) is 0 Å². The lowest BCUT2D eigenvalue weighted by atomic mass is 10.2. The van der Waals surface area contributed by atoms with E-state index in [9.17, 15) is 0 Å². The Balaban J connectivity index is 1.65. The fourth-order valence-electron chi connectivity index (χ4n) is 2.21. The van der Waals surface area contributed by atoms with E-state index in [1.54, 1.807) is 0 Å². The lowest BCUT2D eigenvalue weighted by molar-refractivity contribution is 0.678. The third kappa shape index (κ3) is 3.76. The summed E-state index contributed by atoms with van der Waals surface area (Å²) in [6.45, 7) is 3.70. The van der Waals surface area contributed by atoms with Gasteiger partial charge in [0.15, 0.2) is 0 Å². The first-order valence-corrected chi connectivity index (χ1v) is 7.38. The highest BCUT2D eigenvalue weighted by atomic mass is 15.2. The largest absolute Gasteiger partial charge is 0.340 e. The van der Waals surface area contributed by atoms with Gasteiger partial charge in [-0.25, -0.2) is 9.97 Å². The molecule has 110 valence electrons. The normalized spacial score (nSPS) is 14.2. The molecular weight excluding hydrogens is 262 g/mol. The lowest BCUT2D eigenvalue weighted by Gasteiger charge is -2.18.